The van der Waals surface area contributed by atoms with E-state index in [1.807, 2.05) is 78.6 Å². The number of esters is 1. The van der Waals surface area contributed by atoms with Crippen LogP contribution in [-0.4, -0.2) is 76.7 Å². The second-order valence-electron chi connectivity index (χ2n) is 12.2. The summed E-state index contributed by atoms with van der Waals surface area (Å²) in [4.78, 5) is 22.0. The number of carbonyl (C=O) groups is 1. The Morgan fingerprint density at radius 3 is 1.17 bits per heavy atom. The molecule has 0 atom stereocenters. The maximum atomic E-state index is 11.8. The average Bonchev–Trinajstić information content (AvgIpc) is 2.42. The van der Waals surface area contributed by atoms with Crippen LogP contribution in [0.1, 0.15) is 6.92 Å². The SMILES string of the molecule is C=C(C)C(=O)OC[Si](C)(C)O[Si](C)(C)O[Si](C)(C)O[Si](C)(C)O[Si](C)(C)O[Si](C)(C)O[Si](C)(C)O. The molecule has 0 saturated heterocycles. The van der Waals surface area contributed by atoms with Crippen LogP contribution in [0.2, 0.25) is 91.7 Å². The summed E-state index contributed by atoms with van der Waals surface area (Å²) >= 11 is 0. The molecule has 0 unspecified atom stereocenters. The van der Waals surface area contributed by atoms with E-state index in [9.17, 15) is 9.59 Å². The molecule has 0 saturated carbocycles. The molecule has 0 fully saturated rings. The van der Waals surface area contributed by atoms with Crippen molar-refractivity contribution >= 4 is 65.7 Å². The van der Waals surface area contributed by atoms with Crippen LogP contribution in [0.5, 0.6) is 0 Å². The first-order valence-electron chi connectivity index (χ1n) is 11.8. The maximum absolute atomic E-state index is 11.8. The zero-order valence-corrected chi connectivity index (χ0v) is 31.6. The van der Waals surface area contributed by atoms with Gasteiger partial charge in [0.25, 0.3) is 0 Å². The molecule has 0 aliphatic carbocycles. The normalized spacial score (nSPS) is 14.7. The monoisotopic (exact) mass is 618 g/mol. The van der Waals surface area contributed by atoms with Crippen molar-refractivity contribution in [2.45, 2.75) is 98.6 Å². The van der Waals surface area contributed by atoms with Crippen LogP contribution >= 0.6 is 0 Å². The molecule has 0 bridgehead atoms. The lowest BCUT2D eigenvalue weighted by Gasteiger charge is -2.43. The van der Waals surface area contributed by atoms with Gasteiger partial charge in [0, 0.05) is 5.57 Å². The van der Waals surface area contributed by atoms with Gasteiger partial charge in [-0.2, -0.15) is 0 Å². The quantitative estimate of drug-likeness (QED) is 0.152. The average molecular weight is 619 g/mol. The summed E-state index contributed by atoms with van der Waals surface area (Å²) in [5.41, 5.74) is 0.368. The lowest BCUT2D eigenvalue weighted by atomic mass is 10.4. The van der Waals surface area contributed by atoms with Crippen LogP contribution in [0, 0.1) is 0 Å². The smallest absolute Gasteiger partial charge is 0.332 e. The minimum Gasteiger partial charge on any atom is -0.463 e. The zero-order chi connectivity index (χ0) is 28.3. The van der Waals surface area contributed by atoms with Gasteiger partial charge >= 0.3 is 57.3 Å². The van der Waals surface area contributed by atoms with Crippen molar-refractivity contribution in [3.63, 3.8) is 0 Å². The minimum atomic E-state index is -2.72. The number of hydrogen-bond acceptors (Lipinski definition) is 9. The van der Waals surface area contributed by atoms with Crippen molar-refractivity contribution in [1.82, 2.24) is 0 Å². The van der Waals surface area contributed by atoms with E-state index in [-0.39, 0.29) is 6.23 Å². The molecule has 208 valence electrons. The molecule has 1 N–H and O–H groups in total. The third-order valence-electron chi connectivity index (χ3n) is 3.88. The summed E-state index contributed by atoms with van der Waals surface area (Å²) in [6, 6.07) is 0. The van der Waals surface area contributed by atoms with Crippen LogP contribution in [0.15, 0.2) is 12.2 Å². The van der Waals surface area contributed by atoms with Gasteiger partial charge in [-0.3, -0.25) is 0 Å². The van der Waals surface area contributed by atoms with Crippen molar-refractivity contribution < 1.29 is 39.0 Å². The minimum absolute atomic E-state index is 0.233. The molecular weight excluding hydrogens is 569 g/mol. The Morgan fingerprint density at radius 1 is 0.600 bits per heavy atom. The summed E-state index contributed by atoms with van der Waals surface area (Å²) in [5, 5.41) is 0. The lowest BCUT2D eigenvalue weighted by Crippen LogP contribution is -2.61. The van der Waals surface area contributed by atoms with Crippen LogP contribution in [0.3, 0.4) is 0 Å². The van der Waals surface area contributed by atoms with Gasteiger partial charge in [-0.1, -0.05) is 6.58 Å². The highest BCUT2D eigenvalue weighted by Gasteiger charge is 2.48. The van der Waals surface area contributed by atoms with Gasteiger partial charge in [-0.05, 0) is 98.6 Å². The summed E-state index contributed by atoms with van der Waals surface area (Å²) < 4.78 is 43.7. The van der Waals surface area contributed by atoms with Crippen molar-refractivity contribution in [1.29, 1.82) is 0 Å². The van der Waals surface area contributed by atoms with Gasteiger partial charge in [0.15, 0.2) is 0 Å². The molecule has 0 aliphatic rings. The van der Waals surface area contributed by atoms with Gasteiger partial charge in [-0.25, -0.2) is 4.79 Å². The van der Waals surface area contributed by atoms with E-state index in [4.69, 9.17) is 29.4 Å². The molecule has 0 amide bonds. The van der Waals surface area contributed by atoms with Crippen molar-refractivity contribution in [3.05, 3.63) is 12.2 Å². The molecule has 0 aliphatic heterocycles. The van der Waals surface area contributed by atoms with E-state index >= 15 is 0 Å². The lowest BCUT2D eigenvalue weighted by molar-refractivity contribution is -0.137. The zero-order valence-electron chi connectivity index (χ0n) is 24.6. The van der Waals surface area contributed by atoms with E-state index in [0.29, 0.717) is 5.57 Å². The Labute approximate surface area is 221 Å². The van der Waals surface area contributed by atoms with Crippen molar-refractivity contribution in [2.24, 2.45) is 0 Å². The van der Waals surface area contributed by atoms with Crippen molar-refractivity contribution in [2.75, 3.05) is 6.23 Å². The molecule has 0 rings (SSSR count). The molecule has 0 spiro atoms. The molecule has 0 aromatic carbocycles. The molecular formula is C19H50O9Si7. The highest BCUT2D eigenvalue weighted by Crippen LogP contribution is 2.28. The molecule has 0 aromatic rings. The number of hydrogen-bond donors (Lipinski definition) is 1. The third kappa shape index (κ3) is 16.8. The fourth-order valence-electron chi connectivity index (χ4n) is 4.13. The number of ether oxygens (including phenoxy) is 1. The Kier molecular flexibility index (Phi) is 12.3. The van der Waals surface area contributed by atoms with E-state index in [2.05, 4.69) is 6.58 Å². The topological polar surface area (TPSA) is 102 Å². The Bertz CT molecular complexity index is 747. The summed E-state index contributed by atoms with van der Waals surface area (Å²) in [6.07, 6.45) is 0.233. The molecule has 0 radical (unpaired) electrons. The first-order valence-corrected chi connectivity index (χ1v) is 31.9. The maximum Gasteiger partial charge on any atom is 0.332 e. The standard InChI is InChI=1S/C19H50O9Si7/c1-18(2)19(20)22-17-29(3,4)23-31(7,8)25-33(11,12)27-35(15,16)28-34(13,14)26-32(9,10)24-30(5,6)21/h21H,1,17H2,2-16H3. The van der Waals surface area contributed by atoms with Gasteiger partial charge in [0.1, 0.15) is 6.23 Å². The molecule has 9 nitrogen and oxygen atoms in total. The molecule has 0 aromatic heterocycles. The Balaban J connectivity index is 5.23. The van der Waals surface area contributed by atoms with Gasteiger partial charge in [0.05, 0.1) is 0 Å². The fourth-order valence-corrected chi connectivity index (χ4v) is 36.6. The fraction of sp³-hybridized carbons (Fsp3) is 0.842. The second-order valence-corrected chi connectivity index (χ2v) is 37.8. The number of carbonyl (C=O) groups excluding carboxylic acids is 1. The van der Waals surface area contributed by atoms with E-state index in [0.717, 1.165) is 0 Å². The van der Waals surface area contributed by atoms with E-state index in [1.165, 1.54) is 0 Å². The first-order chi connectivity index (χ1) is 15.1. The third-order valence-corrected chi connectivity index (χ3v) is 28.6. The van der Waals surface area contributed by atoms with E-state index in [1.54, 1.807) is 20.0 Å². The van der Waals surface area contributed by atoms with Crippen LogP contribution in [0.4, 0.5) is 0 Å². The first kappa shape index (κ1) is 35.4. The van der Waals surface area contributed by atoms with Crippen LogP contribution < -0.4 is 0 Å². The number of rotatable bonds is 15. The molecule has 35 heavy (non-hydrogen) atoms. The largest absolute Gasteiger partial charge is 0.463 e. The highest BCUT2D eigenvalue weighted by atomic mass is 28.5. The Hall–Kier alpha value is 0.448. The Morgan fingerprint density at radius 2 is 0.886 bits per heavy atom. The van der Waals surface area contributed by atoms with Crippen LogP contribution in [0.25, 0.3) is 0 Å². The van der Waals surface area contributed by atoms with Crippen LogP contribution in [-0.2, 0) is 34.2 Å². The van der Waals surface area contributed by atoms with Gasteiger partial charge in [0.2, 0.25) is 8.32 Å². The summed E-state index contributed by atoms with van der Waals surface area (Å²) in [5.74, 6) is -0.409. The predicted octanol–water partition coefficient (Wildman–Crippen LogP) is 5.15. The van der Waals surface area contributed by atoms with Gasteiger partial charge in [-0.15, -0.1) is 0 Å². The summed E-state index contributed by atoms with van der Waals surface area (Å²) in [6.45, 7) is 32.5. The second kappa shape index (κ2) is 12.1. The highest BCUT2D eigenvalue weighted by molar-refractivity contribution is 6.91. The molecule has 0 heterocycles. The summed E-state index contributed by atoms with van der Waals surface area (Å²) in [7, 11) is -18.1. The predicted molar refractivity (Wildman–Crippen MR) is 157 cm³/mol. The van der Waals surface area contributed by atoms with Gasteiger partial charge < -0.3 is 34.2 Å². The van der Waals surface area contributed by atoms with Crippen molar-refractivity contribution in [3.8, 4) is 0 Å². The van der Waals surface area contributed by atoms with E-state index < -0.39 is 65.7 Å². The molecule has 16 heteroatoms.